The molecule has 1 aliphatic rings. The Balaban J connectivity index is 2.27. The third-order valence-corrected chi connectivity index (χ3v) is 3.59. The van der Waals surface area contributed by atoms with E-state index in [0.29, 0.717) is 27.8 Å². The minimum atomic E-state index is -1.24. The number of hydrogen-bond donors (Lipinski definition) is 2. The average molecular weight is 293 g/mol. The van der Waals surface area contributed by atoms with Gasteiger partial charge in [-0.1, -0.05) is 6.07 Å². The van der Waals surface area contributed by atoms with Crippen LogP contribution >= 0.6 is 11.8 Å². The molecular weight excluding hydrogens is 282 g/mol. The fourth-order valence-corrected chi connectivity index (χ4v) is 2.53. The van der Waals surface area contributed by atoms with Gasteiger partial charge in [-0.3, -0.25) is 19.3 Å². The highest BCUT2D eigenvalue weighted by Crippen LogP contribution is 2.32. The van der Waals surface area contributed by atoms with Crippen LogP contribution in [0.15, 0.2) is 23.1 Å². The van der Waals surface area contributed by atoms with Crippen molar-refractivity contribution in [2.75, 3.05) is 6.54 Å². The van der Waals surface area contributed by atoms with E-state index in [0.717, 1.165) is 0 Å². The molecule has 0 spiro atoms. The van der Waals surface area contributed by atoms with Crippen LogP contribution in [-0.2, 0) is 9.59 Å². The van der Waals surface area contributed by atoms with Gasteiger partial charge in [0, 0.05) is 0 Å². The van der Waals surface area contributed by atoms with Crippen LogP contribution < -0.4 is 0 Å². The first-order valence-corrected chi connectivity index (χ1v) is 6.47. The maximum absolute atomic E-state index is 11.9. The molecule has 1 aromatic carbocycles. The summed E-state index contributed by atoms with van der Waals surface area (Å²) in [5.41, 5.74) is 1.30. The summed E-state index contributed by atoms with van der Waals surface area (Å²) in [5, 5.41) is 17.5. The lowest BCUT2D eigenvalue weighted by atomic mass is 10.1. The fraction of sp³-hybridized carbons (Fsp3) is 0.154. The lowest BCUT2D eigenvalue weighted by Gasteiger charge is -2.07. The molecule has 0 aliphatic carbocycles. The Morgan fingerprint density at radius 1 is 1.40 bits per heavy atom. The first kappa shape index (κ1) is 14.1. The summed E-state index contributed by atoms with van der Waals surface area (Å²) in [6.07, 6.45) is 1.50. The van der Waals surface area contributed by atoms with Gasteiger partial charge in [0.05, 0.1) is 4.91 Å². The van der Waals surface area contributed by atoms with Crippen molar-refractivity contribution in [3.05, 3.63) is 34.2 Å². The van der Waals surface area contributed by atoms with E-state index in [1.807, 2.05) is 0 Å². The topological polar surface area (TPSA) is 94.9 Å². The monoisotopic (exact) mass is 293 g/mol. The van der Waals surface area contributed by atoms with Crippen molar-refractivity contribution in [1.29, 1.82) is 0 Å². The van der Waals surface area contributed by atoms with Crippen molar-refractivity contribution >= 4 is 35.0 Å². The molecule has 1 heterocycles. The smallest absolute Gasteiger partial charge is 0.323 e. The summed E-state index contributed by atoms with van der Waals surface area (Å²) in [7, 11) is 0. The largest absolute Gasteiger partial charge is 0.508 e. The van der Waals surface area contributed by atoms with E-state index in [1.165, 1.54) is 12.1 Å². The van der Waals surface area contributed by atoms with Crippen LogP contribution in [0.25, 0.3) is 6.08 Å². The number of nitrogens with zero attached hydrogens (tertiary/aromatic N) is 1. The minimum Gasteiger partial charge on any atom is -0.508 e. The first-order chi connectivity index (χ1) is 9.38. The van der Waals surface area contributed by atoms with Gasteiger partial charge in [-0.2, -0.15) is 0 Å². The summed E-state index contributed by atoms with van der Waals surface area (Å²) in [5.74, 6) is -1.72. The van der Waals surface area contributed by atoms with Crippen molar-refractivity contribution < 1.29 is 24.6 Å². The molecule has 20 heavy (non-hydrogen) atoms. The maximum Gasteiger partial charge on any atom is 0.323 e. The Hall–Kier alpha value is -2.28. The Bertz CT molecular complexity index is 638. The lowest BCUT2D eigenvalue weighted by molar-refractivity contribution is -0.140. The molecular formula is C13H11NO5S. The Kier molecular flexibility index (Phi) is 3.80. The predicted molar refractivity (Wildman–Crippen MR) is 73.2 cm³/mol. The van der Waals surface area contributed by atoms with E-state index in [1.54, 1.807) is 19.1 Å². The van der Waals surface area contributed by atoms with Gasteiger partial charge in [-0.25, -0.2) is 0 Å². The maximum atomic E-state index is 11.9. The third kappa shape index (κ3) is 2.83. The van der Waals surface area contributed by atoms with Crippen LogP contribution in [-0.4, -0.2) is 38.8 Å². The van der Waals surface area contributed by atoms with Gasteiger partial charge in [0.15, 0.2) is 0 Å². The highest BCUT2D eigenvalue weighted by atomic mass is 32.2. The van der Waals surface area contributed by atoms with Crippen LogP contribution in [0.2, 0.25) is 0 Å². The third-order valence-electron chi connectivity index (χ3n) is 2.69. The molecule has 1 saturated heterocycles. The lowest BCUT2D eigenvalue weighted by Crippen LogP contribution is -2.33. The van der Waals surface area contributed by atoms with Gasteiger partial charge in [0.2, 0.25) is 0 Å². The van der Waals surface area contributed by atoms with Crippen LogP contribution in [0.3, 0.4) is 0 Å². The molecule has 1 fully saturated rings. The molecule has 0 saturated carbocycles. The van der Waals surface area contributed by atoms with Crippen molar-refractivity contribution in [1.82, 2.24) is 4.90 Å². The molecule has 2 rings (SSSR count). The second-order valence-electron chi connectivity index (χ2n) is 4.21. The Labute approximate surface area is 118 Å². The van der Waals surface area contributed by atoms with Crippen molar-refractivity contribution in [2.24, 2.45) is 0 Å². The number of amides is 2. The number of carboxylic acid groups (broad SMARTS) is 1. The Morgan fingerprint density at radius 2 is 2.10 bits per heavy atom. The van der Waals surface area contributed by atoms with E-state index in [9.17, 15) is 19.5 Å². The van der Waals surface area contributed by atoms with Crippen LogP contribution in [0.1, 0.15) is 11.1 Å². The molecule has 0 radical (unpaired) electrons. The zero-order valence-corrected chi connectivity index (χ0v) is 11.3. The first-order valence-electron chi connectivity index (χ1n) is 5.65. The molecule has 0 atom stereocenters. The van der Waals surface area contributed by atoms with E-state index in [-0.39, 0.29) is 10.7 Å². The van der Waals surface area contributed by atoms with E-state index in [2.05, 4.69) is 0 Å². The van der Waals surface area contributed by atoms with Crippen molar-refractivity contribution in [2.45, 2.75) is 6.92 Å². The number of imide groups is 1. The molecule has 0 bridgehead atoms. The average Bonchev–Trinajstić information content (AvgIpc) is 2.61. The normalized spacial score (nSPS) is 17.1. The van der Waals surface area contributed by atoms with E-state index in [4.69, 9.17) is 5.11 Å². The minimum absolute atomic E-state index is 0.140. The van der Waals surface area contributed by atoms with Crippen LogP contribution in [0.5, 0.6) is 5.75 Å². The van der Waals surface area contributed by atoms with Gasteiger partial charge >= 0.3 is 5.97 Å². The Morgan fingerprint density at radius 3 is 2.70 bits per heavy atom. The molecule has 104 valence electrons. The van der Waals surface area contributed by atoms with Crippen LogP contribution in [0, 0.1) is 6.92 Å². The zero-order chi connectivity index (χ0) is 14.9. The summed E-state index contributed by atoms with van der Waals surface area (Å²) < 4.78 is 0. The second-order valence-corrected chi connectivity index (χ2v) is 5.20. The summed E-state index contributed by atoms with van der Waals surface area (Å²) >= 11 is 0.701. The number of phenols is 1. The SMILES string of the molecule is Cc1cc(C=C2SC(=O)N(CC(=O)O)C2=O)ccc1O. The number of carbonyl (C=O) groups excluding carboxylic acids is 2. The van der Waals surface area contributed by atoms with Crippen molar-refractivity contribution in [3.63, 3.8) is 0 Å². The number of carboxylic acids is 1. The molecule has 0 aromatic heterocycles. The molecule has 2 N–H and O–H groups in total. The zero-order valence-electron chi connectivity index (χ0n) is 10.5. The molecule has 7 heteroatoms. The number of benzene rings is 1. The number of carbonyl (C=O) groups is 3. The predicted octanol–water partition coefficient (Wildman–Crippen LogP) is 1.82. The molecule has 1 aromatic rings. The number of thioether (sulfide) groups is 1. The molecule has 2 amide bonds. The van der Waals surface area contributed by atoms with Gasteiger partial charge in [-0.05, 0) is 48.0 Å². The fourth-order valence-electron chi connectivity index (χ4n) is 1.69. The molecule has 6 nitrogen and oxygen atoms in total. The van der Waals surface area contributed by atoms with Gasteiger partial charge in [0.25, 0.3) is 11.1 Å². The van der Waals surface area contributed by atoms with Crippen molar-refractivity contribution in [3.8, 4) is 5.75 Å². The number of aromatic hydroxyl groups is 1. The molecule has 0 unspecified atom stereocenters. The standard InChI is InChI=1S/C13H11NO5S/c1-7-4-8(2-3-9(7)15)5-10-12(18)14(6-11(16)17)13(19)20-10/h2-5,15H,6H2,1H3,(H,16,17). The number of hydrogen-bond acceptors (Lipinski definition) is 5. The number of phenolic OH excluding ortho intramolecular Hbond substituents is 1. The van der Waals surface area contributed by atoms with Gasteiger partial charge < -0.3 is 10.2 Å². The molecule has 1 aliphatic heterocycles. The van der Waals surface area contributed by atoms with E-state index < -0.39 is 23.7 Å². The quantitative estimate of drug-likeness (QED) is 0.825. The number of rotatable bonds is 3. The summed E-state index contributed by atoms with van der Waals surface area (Å²) in [4.78, 5) is 34.9. The number of aryl methyl sites for hydroxylation is 1. The number of aliphatic carboxylic acids is 1. The highest BCUT2D eigenvalue weighted by molar-refractivity contribution is 8.18. The van der Waals surface area contributed by atoms with Gasteiger partial charge in [0.1, 0.15) is 12.3 Å². The highest BCUT2D eigenvalue weighted by Gasteiger charge is 2.36. The van der Waals surface area contributed by atoms with Gasteiger partial charge in [-0.15, -0.1) is 0 Å². The second kappa shape index (κ2) is 5.38. The summed E-state index contributed by atoms with van der Waals surface area (Å²) in [6, 6.07) is 4.76. The van der Waals surface area contributed by atoms with E-state index >= 15 is 0 Å². The van der Waals surface area contributed by atoms with Crippen LogP contribution in [0.4, 0.5) is 4.79 Å². The summed E-state index contributed by atoms with van der Waals surface area (Å²) in [6.45, 7) is 1.07.